The molecular formula is C12H10ClNO2. The van der Waals surface area contributed by atoms with Crippen molar-refractivity contribution in [3.8, 4) is 5.75 Å². The van der Waals surface area contributed by atoms with E-state index < -0.39 is 0 Å². The van der Waals surface area contributed by atoms with Gasteiger partial charge in [0.15, 0.2) is 6.29 Å². The molecular weight excluding hydrogens is 226 g/mol. The number of pyridine rings is 1. The molecule has 0 unspecified atom stereocenters. The van der Waals surface area contributed by atoms with Crippen molar-refractivity contribution in [1.82, 2.24) is 4.98 Å². The Morgan fingerprint density at radius 1 is 1.38 bits per heavy atom. The van der Waals surface area contributed by atoms with Crippen LogP contribution >= 0.6 is 11.6 Å². The maximum Gasteiger partial charge on any atom is 0.152 e. The highest BCUT2D eigenvalue weighted by atomic mass is 35.5. The minimum atomic E-state index is 0.476. The average molecular weight is 236 g/mol. The van der Waals surface area contributed by atoms with Crippen LogP contribution in [0, 0.1) is 6.92 Å². The summed E-state index contributed by atoms with van der Waals surface area (Å²) in [5.74, 6) is 0.674. The topological polar surface area (TPSA) is 39.2 Å². The SMILES string of the molecule is COc1cc(C)nc2c(C=O)cc(Cl)cc12. The molecule has 0 fully saturated rings. The van der Waals surface area contributed by atoms with E-state index in [1.54, 1.807) is 19.2 Å². The Morgan fingerprint density at radius 2 is 2.12 bits per heavy atom. The fourth-order valence-electron chi connectivity index (χ4n) is 1.67. The molecule has 0 bridgehead atoms. The van der Waals surface area contributed by atoms with Crippen molar-refractivity contribution in [1.29, 1.82) is 0 Å². The number of carbonyl (C=O) groups excluding carboxylic acids is 1. The van der Waals surface area contributed by atoms with Gasteiger partial charge in [-0.25, -0.2) is 0 Å². The van der Waals surface area contributed by atoms with E-state index in [-0.39, 0.29) is 0 Å². The van der Waals surface area contributed by atoms with E-state index in [1.165, 1.54) is 0 Å². The largest absolute Gasteiger partial charge is 0.496 e. The van der Waals surface area contributed by atoms with Gasteiger partial charge in [-0.2, -0.15) is 0 Å². The summed E-state index contributed by atoms with van der Waals surface area (Å²) in [5, 5.41) is 1.25. The van der Waals surface area contributed by atoms with Crippen LogP contribution in [0.4, 0.5) is 0 Å². The second-order valence-corrected chi connectivity index (χ2v) is 3.91. The summed E-state index contributed by atoms with van der Waals surface area (Å²) in [6, 6.07) is 5.16. The third-order valence-corrected chi connectivity index (χ3v) is 2.56. The Bertz CT molecular complexity index is 566. The summed E-state index contributed by atoms with van der Waals surface area (Å²) < 4.78 is 5.25. The van der Waals surface area contributed by atoms with Gasteiger partial charge < -0.3 is 4.74 Å². The van der Waals surface area contributed by atoms with Gasteiger partial charge >= 0.3 is 0 Å². The predicted octanol–water partition coefficient (Wildman–Crippen LogP) is 3.02. The number of nitrogens with zero attached hydrogens (tertiary/aromatic N) is 1. The third-order valence-electron chi connectivity index (χ3n) is 2.34. The monoisotopic (exact) mass is 235 g/mol. The van der Waals surface area contributed by atoms with Crippen LogP contribution in [0.5, 0.6) is 5.75 Å². The van der Waals surface area contributed by atoms with Gasteiger partial charge in [-0.15, -0.1) is 0 Å². The number of rotatable bonds is 2. The Hall–Kier alpha value is -1.61. The minimum absolute atomic E-state index is 0.476. The molecule has 0 saturated carbocycles. The van der Waals surface area contributed by atoms with Crippen LogP contribution in [-0.2, 0) is 0 Å². The first-order chi connectivity index (χ1) is 7.65. The van der Waals surface area contributed by atoms with Crippen molar-refractivity contribution >= 4 is 28.8 Å². The number of hydrogen-bond donors (Lipinski definition) is 0. The van der Waals surface area contributed by atoms with Gasteiger partial charge in [-0.05, 0) is 19.1 Å². The van der Waals surface area contributed by atoms with E-state index in [1.807, 2.05) is 13.0 Å². The summed E-state index contributed by atoms with van der Waals surface area (Å²) >= 11 is 5.93. The zero-order valence-corrected chi connectivity index (χ0v) is 9.71. The summed E-state index contributed by atoms with van der Waals surface area (Å²) in [6.07, 6.45) is 0.750. The van der Waals surface area contributed by atoms with E-state index in [0.717, 1.165) is 17.4 Å². The predicted molar refractivity (Wildman–Crippen MR) is 63.4 cm³/mol. The molecule has 82 valence electrons. The van der Waals surface area contributed by atoms with Crippen molar-refractivity contribution in [3.63, 3.8) is 0 Å². The highest BCUT2D eigenvalue weighted by Crippen LogP contribution is 2.29. The molecule has 0 aliphatic rings. The van der Waals surface area contributed by atoms with E-state index in [2.05, 4.69) is 4.98 Å². The first-order valence-corrected chi connectivity index (χ1v) is 5.13. The summed E-state index contributed by atoms with van der Waals surface area (Å²) in [6.45, 7) is 1.85. The van der Waals surface area contributed by atoms with Gasteiger partial charge in [0.05, 0.1) is 12.6 Å². The second kappa shape index (κ2) is 4.10. The van der Waals surface area contributed by atoms with Crippen LogP contribution < -0.4 is 4.74 Å². The van der Waals surface area contributed by atoms with Crippen molar-refractivity contribution in [3.05, 3.63) is 34.5 Å². The van der Waals surface area contributed by atoms with Crippen LogP contribution in [0.3, 0.4) is 0 Å². The van der Waals surface area contributed by atoms with Gasteiger partial charge in [0, 0.05) is 27.7 Å². The number of methoxy groups -OCH3 is 1. The molecule has 0 aliphatic heterocycles. The lowest BCUT2D eigenvalue weighted by Crippen LogP contribution is -1.94. The Labute approximate surface area is 98.0 Å². The number of aryl methyl sites for hydroxylation is 1. The number of carbonyl (C=O) groups is 1. The van der Waals surface area contributed by atoms with Crippen molar-refractivity contribution < 1.29 is 9.53 Å². The Kier molecular flexibility index (Phi) is 2.79. The zero-order chi connectivity index (χ0) is 11.7. The van der Waals surface area contributed by atoms with Crippen LogP contribution in [-0.4, -0.2) is 18.4 Å². The molecule has 0 aliphatic carbocycles. The third kappa shape index (κ3) is 1.74. The Balaban J connectivity index is 2.92. The number of benzene rings is 1. The maximum absolute atomic E-state index is 10.9. The molecule has 2 aromatic rings. The number of aldehydes is 1. The lowest BCUT2D eigenvalue weighted by atomic mass is 10.1. The van der Waals surface area contributed by atoms with Crippen LogP contribution in [0.2, 0.25) is 5.02 Å². The normalized spacial score (nSPS) is 10.4. The van der Waals surface area contributed by atoms with Crippen molar-refractivity contribution in [2.24, 2.45) is 0 Å². The standard InChI is InChI=1S/C12H10ClNO2/c1-7-3-11(16-2)10-5-9(13)4-8(6-15)12(10)14-7/h3-6H,1-2H3. The molecule has 0 amide bonds. The first kappa shape index (κ1) is 10.9. The summed E-state index contributed by atoms with van der Waals surface area (Å²) in [7, 11) is 1.58. The highest BCUT2D eigenvalue weighted by molar-refractivity contribution is 6.32. The van der Waals surface area contributed by atoms with Gasteiger partial charge in [-0.3, -0.25) is 9.78 Å². The molecule has 0 saturated heterocycles. The summed E-state index contributed by atoms with van der Waals surface area (Å²) in [4.78, 5) is 15.3. The molecule has 1 aromatic carbocycles. The summed E-state index contributed by atoms with van der Waals surface area (Å²) in [5.41, 5.74) is 1.90. The van der Waals surface area contributed by atoms with Crippen LogP contribution in [0.15, 0.2) is 18.2 Å². The fraction of sp³-hybridized carbons (Fsp3) is 0.167. The molecule has 1 aromatic heterocycles. The van der Waals surface area contributed by atoms with Crippen LogP contribution in [0.1, 0.15) is 16.1 Å². The van der Waals surface area contributed by atoms with Crippen molar-refractivity contribution in [2.45, 2.75) is 6.92 Å². The maximum atomic E-state index is 10.9. The molecule has 2 rings (SSSR count). The molecule has 1 heterocycles. The minimum Gasteiger partial charge on any atom is -0.496 e. The second-order valence-electron chi connectivity index (χ2n) is 3.47. The quantitative estimate of drug-likeness (QED) is 0.751. The van der Waals surface area contributed by atoms with Gasteiger partial charge in [-0.1, -0.05) is 11.6 Å². The Morgan fingerprint density at radius 3 is 2.75 bits per heavy atom. The van der Waals surface area contributed by atoms with Crippen LogP contribution in [0.25, 0.3) is 10.9 Å². The number of ether oxygens (including phenoxy) is 1. The number of hydrogen-bond acceptors (Lipinski definition) is 3. The van der Waals surface area contributed by atoms with E-state index in [0.29, 0.717) is 21.9 Å². The molecule has 3 nitrogen and oxygen atoms in total. The first-order valence-electron chi connectivity index (χ1n) is 4.75. The number of halogens is 1. The molecule has 16 heavy (non-hydrogen) atoms. The number of aromatic nitrogens is 1. The van der Waals surface area contributed by atoms with Gasteiger partial charge in [0.2, 0.25) is 0 Å². The van der Waals surface area contributed by atoms with Gasteiger partial charge in [0.1, 0.15) is 5.75 Å². The molecule has 0 N–H and O–H groups in total. The molecule has 4 heteroatoms. The van der Waals surface area contributed by atoms with Gasteiger partial charge in [0.25, 0.3) is 0 Å². The van der Waals surface area contributed by atoms with E-state index in [9.17, 15) is 4.79 Å². The van der Waals surface area contributed by atoms with E-state index >= 15 is 0 Å². The van der Waals surface area contributed by atoms with E-state index in [4.69, 9.17) is 16.3 Å². The lowest BCUT2D eigenvalue weighted by Gasteiger charge is -2.08. The fourth-order valence-corrected chi connectivity index (χ4v) is 1.89. The number of fused-ring (bicyclic) bond motifs is 1. The zero-order valence-electron chi connectivity index (χ0n) is 8.95. The lowest BCUT2D eigenvalue weighted by molar-refractivity contribution is 0.112. The molecule has 0 spiro atoms. The van der Waals surface area contributed by atoms with Crippen molar-refractivity contribution in [2.75, 3.05) is 7.11 Å². The smallest absolute Gasteiger partial charge is 0.152 e. The molecule has 0 atom stereocenters. The average Bonchev–Trinajstić information content (AvgIpc) is 2.27. The molecule has 0 radical (unpaired) electrons. The highest BCUT2D eigenvalue weighted by Gasteiger charge is 2.09.